The Hall–Kier alpha value is -4.34. The Balaban J connectivity index is 1.56. The number of amides is 1. The molecule has 10 nitrogen and oxygen atoms in total. The highest BCUT2D eigenvalue weighted by Gasteiger charge is 2.21. The summed E-state index contributed by atoms with van der Waals surface area (Å²) in [5.41, 5.74) is 10.3. The molecule has 34 heavy (non-hydrogen) atoms. The van der Waals surface area contributed by atoms with Gasteiger partial charge in [-0.3, -0.25) is 4.79 Å². The van der Waals surface area contributed by atoms with Crippen LogP contribution in [-0.2, 0) is 6.54 Å². The van der Waals surface area contributed by atoms with E-state index >= 15 is 0 Å². The predicted octanol–water partition coefficient (Wildman–Crippen LogP) is 3.76. The van der Waals surface area contributed by atoms with Crippen molar-refractivity contribution in [2.75, 3.05) is 25.3 Å². The van der Waals surface area contributed by atoms with Crippen LogP contribution in [0.3, 0.4) is 0 Å². The normalized spacial score (nSPS) is 10.9. The Labute approximate surface area is 196 Å². The Kier molecular flexibility index (Phi) is 6.22. The molecule has 0 atom stereocenters. The summed E-state index contributed by atoms with van der Waals surface area (Å²) in [7, 11) is 3.15. The van der Waals surface area contributed by atoms with E-state index in [9.17, 15) is 4.79 Å². The number of aryl methyl sites for hydroxylation is 3. The van der Waals surface area contributed by atoms with Gasteiger partial charge in [0.25, 0.3) is 5.91 Å². The van der Waals surface area contributed by atoms with Crippen LogP contribution in [0.5, 0.6) is 11.5 Å². The fourth-order valence-electron chi connectivity index (χ4n) is 3.54. The molecule has 0 saturated heterocycles. The van der Waals surface area contributed by atoms with Crippen molar-refractivity contribution in [2.24, 2.45) is 0 Å². The van der Waals surface area contributed by atoms with Gasteiger partial charge in [-0.2, -0.15) is 0 Å². The molecule has 0 spiro atoms. The van der Waals surface area contributed by atoms with Crippen LogP contribution in [0.4, 0.5) is 11.5 Å². The van der Waals surface area contributed by atoms with E-state index in [1.165, 1.54) is 4.68 Å². The predicted molar refractivity (Wildman–Crippen MR) is 127 cm³/mol. The third kappa shape index (κ3) is 4.42. The fourth-order valence-corrected chi connectivity index (χ4v) is 3.54. The number of anilines is 2. The number of nitrogens with one attached hydrogen (secondary N) is 1. The second-order valence-corrected chi connectivity index (χ2v) is 7.84. The zero-order chi connectivity index (χ0) is 24.4. The van der Waals surface area contributed by atoms with E-state index in [2.05, 4.69) is 20.6 Å². The van der Waals surface area contributed by atoms with Gasteiger partial charge in [0.1, 0.15) is 23.0 Å². The minimum atomic E-state index is -0.434. The number of carbonyl (C=O) groups excluding carboxylic acids is 1. The van der Waals surface area contributed by atoms with Crippen LogP contribution in [0.2, 0.25) is 0 Å². The summed E-state index contributed by atoms with van der Waals surface area (Å²) in [6.07, 6.45) is 0. The van der Waals surface area contributed by atoms with Gasteiger partial charge in [0, 0.05) is 11.8 Å². The van der Waals surface area contributed by atoms with Crippen molar-refractivity contribution in [1.82, 2.24) is 20.0 Å². The molecule has 0 aliphatic rings. The van der Waals surface area contributed by atoms with Crippen LogP contribution < -0.4 is 20.5 Å². The van der Waals surface area contributed by atoms with Gasteiger partial charge in [-0.1, -0.05) is 22.9 Å². The monoisotopic (exact) mass is 462 g/mol. The van der Waals surface area contributed by atoms with E-state index in [-0.39, 0.29) is 18.1 Å². The third-order valence-electron chi connectivity index (χ3n) is 5.45. The Morgan fingerprint density at radius 1 is 1.12 bits per heavy atom. The lowest BCUT2D eigenvalue weighted by Gasteiger charge is -2.08. The van der Waals surface area contributed by atoms with Crippen molar-refractivity contribution in [3.63, 3.8) is 0 Å². The molecule has 0 fully saturated rings. The lowest BCUT2D eigenvalue weighted by atomic mass is 10.1. The van der Waals surface area contributed by atoms with Gasteiger partial charge >= 0.3 is 0 Å². The van der Waals surface area contributed by atoms with Gasteiger partial charge in [-0.05, 0) is 44.5 Å². The second-order valence-electron chi connectivity index (χ2n) is 7.84. The van der Waals surface area contributed by atoms with Crippen LogP contribution >= 0.6 is 0 Å². The third-order valence-corrected chi connectivity index (χ3v) is 5.45. The van der Waals surface area contributed by atoms with E-state index in [0.29, 0.717) is 40.1 Å². The largest absolute Gasteiger partial charge is 0.497 e. The van der Waals surface area contributed by atoms with Gasteiger partial charge in [0.15, 0.2) is 11.5 Å². The second kappa shape index (κ2) is 9.26. The molecule has 2 aromatic carbocycles. The van der Waals surface area contributed by atoms with Gasteiger partial charge < -0.3 is 24.9 Å². The minimum absolute atomic E-state index is 0.0400. The SMILES string of the molecule is COc1ccc(-c2nc(Cn3nnc(C(=O)Nc4ccc(C)cc4C)c3N)c(C)o2)c(OC)c1. The highest BCUT2D eigenvalue weighted by atomic mass is 16.5. The number of methoxy groups -OCH3 is 2. The Bertz CT molecular complexity index is 1360. The minimum Gasteiger partial charge on any atom is -0.497 e. The van der Waals surface area contributed by atoms with Crippen LogP contribution in [0.25, 0.3) is 11.5 Å². The molecule has 3 N–H and O–H groups in total. The van der Waals surface area contributed by atoms with Crippen LogP contribution in [0.15, 0.2) is 40.8 Å². The Morgan fingerprint density at radius 3 is 2.62 bits per heavy atom. The average Bonchev–Trinajstić information content (AvgIpc) is 3.37. The number of nitrogens with zero attached hydrogens (tertiary/aromatic N) is 4. The van der Waals surface area contributed by atoms with E-state index < -0.39 is 5.91 Å². The van der Waals surface area contributed by atoms with Gasteiger partial charge in [0.05, 0.1) is 26.3 Å². The molecule has 0 aliphatic carbocycles. The lowest BCUT2D eigenvalue weighted by Crippen LogP contribution is -2.16. The molecule has 0 bridgehead atoms. The highest BCUT2D eigenvalue weighted by molar-refractivity contribution is 6.06. The molecular formula is C24H26N6O4. The summed E-state index contributed by atoms with van der Waals surface area (Å²) in [6.45, 7) is 5.89. The maximum absolute atomic E-state index is 12.8. The van der Waals surface area contributed by atoms with Crippen molar-refractivity contribution in [3.05, 3.63) is 64.7 Å². The number of hydrogen-bond acceptors (Lipinski definition) is 8. The summed E-state index contributed by atoms with van der Waals surface area (Å²) in [4.78, 5) is 17.3. The zero-order valence-electron chi connectivity index (χ0n) is 19.7. The maximum atomic E-state index is 12.8. The molecule has 1 amide bonds. The van der Waals surface area contributed by atoms with E-state index in [0.717, 1.165) is 11.1 Å². The number of nitrogen functional groups attached to an aromatic ring is 1. The molecular weight excluding hydrogens is 436 g/mol. The molecule has 0 aliphatic heterocycles. The molecule has 2 aromatic heterocycles. The first kappa shape index (κ1) is 22.8. The number of hydrogen-bond donors (Lipinski definition) is 2. The number of ether oxygens (including phenoxy) is 2. The summed E-state index contributed by atoms with van der Waals surface area (Å²) in [6, 6.07) is 11.1. The first-order valence-electron chi connectivity index (χ1n) is 10.6. The zero-order valence-corrected chi connectivity index (χ0v) is 19.7. The summed E-state index contributed by atoms with van der Waals surface area (Å²) >= 11 is 0. The van der Waals surface area contributed by atoms with Crippen molar-refractivity contribution in [3.8, 4) is 23.0 Å². The van der Waals surface area contributed by atoms with Crippen LogP contribution in [0, 0.1) is 20.8 Å². The van der Waals surface area contributed by atoms with Gasteiger partial charge in [0.2, 0.25) is 5.89 Å². The fraction of sp³-hybridized carbons (Fsp3) is 0.250. The number of nitrogens with two attached hydrogens (primary N) is 1. The van der Waals surface area contributed by atoms with Crippen molar-refractivity contribution < 1.29 is 18.7 Å². The Morgan fingerprint density at radius 2 is 1.91 bits per heavy atom. The van der Waals surface area contributed by atoms with Crippen LogP contribution in [0.1, 0.15) is 33.1 Å². The first-order valence-corrected chi connectivity index (χ1v) is 10.6. The summed E-state index contributed by atoms with van der Waals surface area (Å²) < 4.78 is 18.0. The number of carbonyl (C=O) groups is 1. The maximum Gasteiger partial charge on any atom is 0.280 e. The van der Waals surface area contributed by atoms with E-state index in [4.69, 9.17) is 19.6 Å². The number of benzene rings is 2. The molecule has 0 saturated carbocycles. The number of aromatic nitrogens is 4. The molecule has 176 valence electrons. The number of rotatable bonds is 7. The van der Waals surface area contributed by atoms with Crippen molar-refractivity contribution in [1.29, 1.82) is 0 Å². The first-order chi connectivity index (χ1) is 16.3. The lowest BCUT2D eigenvalue weighted by molar-refractivity contribution is 0.102. The topological polar surface area (TPSA) is 130 Å². The van der Waals surface area contributed by atoms with E-state index in [1.54, 1.807) is 33.3 Å². The highest BCUT2D eigenvalue weighted by Crippen LogP contribution is 2.34. The van der Waals surface area contributed by atoms with Crippen LogP contribution in [-0.4, -0.2) is 40.1 Å². The smallest absolute Gasteiger partial charge is 0.280 e. The molecule has 4 aromatic rings. The molecule has 2 heterocycles. The van der Waals surface area contributed by atoms with Crippen molar-refractivity contribution in [2.45, 2.75) is 27.3 Å². The standard InChI is InChI=1S/C24H26N6O4/c1-13-6-9-18(14(2)10-13)26-23(31)21-22(25)30(29-28-21)12-19-15(3)34-24(27-19)17-8-7-16(32-4)11-20(17)33-5/h6-11H,12,25H2,1-5H3,(H,26,31). The molecule has 4 rings (SSSR count). The number of oxazole rings is 1. The van der Waals surface area contributed by atoms with Crippen molar-refractivity contribution >= 4 is 17.4 Å². The van der Waals surface area contributed by atoms with E-state index in [1.807, 2.05) is 38.1 Å². The molecule has 10 heteroatoms. The van der Waals surface area contributed by atoms with Gasteiger partial charge in [-0.25, -0.2) is 9.67 Å². The summed E-state index contributed by atoms with van der Waals surface area (Å²) in [5.74, 6) is 1.90. The summed E-state index contributed by atoms with van der Waals surface area (Å²) in [5, 5.41) is 10.9. The average molecular weight is 463 g/mol. The molecule has 0 unspecified atom stereocenters. The molecule has 0 radical (unpaired) electrons. The quantitative estimate of drug-likeness (QED) is 0.425. The van der Waals surface area contributed by atoms with Gasteiger partial charge in [-0.15, -0.1) is 5.10 Å².